The van der Waals surface area contributed by atoms with Gasteiger partial charge in [0.25, 0.3) is 5.91 Å². The van der Waals surface area contributed by atoms with E-state index in [9.17, 15) is 9.59 Å². The Morgan fingerprint density at radius 2 is 1.42 bits per heavy atom. The topological polar surface area (TPSA) is 52.7 Å². The minimum Gasteiger partial charge on any atom is -0.368 e. The van der Waals surface area contributed by atoms with E-state index in [2.05, 4.69) is 35.3 Å². The van der Waals surface area contributed by atoms with Crippen molar-refractivity contribution >= 4 is 34.0 Å². The lowest BCUT2D eigenvalue weighted by Gasteiger charge is -2.36. The fourth-order valence-corrected chi connectivity index (χ4v) is 4.89. The maximum Gasteiger partial charge on any atom is 0.253 e. The van der Waals surface area contributed by atoms with E-state index in [0.29, 0.717) is 19.5 Å². The normalized spacial score (nSPS) is 13.7. The molecule has 5 heteroatoms. The zero-order valence-corrected chi connectivity index (χ0v) is 21.5. The number of fused-ring (bicyclic) bond motifs is 1. The number of nitrogens with zero attached hydrogens (tertiary/aromatic N) is 2. The average molecular weight is 486 g/mol. The molecule has 0 saturated carbocycles. The maximum atomic E-state index is 13.1. The Balaban J connectivity index is 1.20. The summed E-state index contributed by atoms with van der Waals surface area (Å²) in [5.41, 5.74) is 2.72. The first-order chi connectivity index (χ1) is 17.6. The Morgan fingerprint density at radius 1 is 0.750 bits per heavy atom. The molecule has 0 spiro atoms. The van der Waals surface area contributed by atoms with Crippen LogP contribution in [0.2, 0.25) is 0 Å². The lowest BCUT2D eigenvalue weighted by Crippen LogP contribution is -2.48. The predicted molar refractivity (Wildman–Crippen MR) is 150 cm³/mol. The van der Waals surface area contributed by atoms with Gasteiger partial charge in [0.1, 0.15) is 0 Å². The van der Waals surface area contributed by atoms with E-state index >= 15 is 0 Å². The van der Waals surface area contributed by atoms with Crippen LogP contribution in [0.15, 0.2) is 66.7 Å². The maximum absolute atomic E-state index is 13.1. The van der Waals surface area contributed by atoms with E-state index in [1.165, 1.54) is 32.1 Å². The molecule has 1 aliphatic heterocycles. The monoisotopic (exact) mass is 485 g/mol. The van der Waals surface area contributed by atoms with E-state index in [-0.39, 0.29) is 11.8 Å². The molecular weight excluding hydrogens is 446 g/mol. The fourth-order valence-electron chi connectivity index (χ4n) is 4.89. The lowest BCUT2D eigenvalue weighted by molar-refractivity contribution is -0.116. The van der Waals surface area contributed by atoms with Gasteiger partial charge in [0.2, 0.25) is 5.91 Å². The zero-order chi connectivity index (χ0) is 25.2. The van der Waals surface area contributed by atoms with Gasteiger partial charge in [-0.3, -0.25) is 9.59 Å². The summed E-state index contributed by atoms with van der Waals surface area (Å²) < 4.78 is 0. The first-order valence-electron chi connectivity index (χ1n) is 13.6. The number of carbonyl (C=O) groups excluding carboxylic acids is 2. The van der Waals surface area contributed by atoms with Crippen LogP contribution in [0.4, 0.5) is 11.4 Å². The highest BCUT2D eigenvalue weighted by molar-refractivity contribution is 5.98. The van der Waals surface area contributed by atoms with Crippen LogP contribution >= 0.6 is 0 Å². The smallest absolute Gasteiger partial charge is 0.253 e. The Labute approximate surface area is 215 Å². The summed E-state index contributed by atoms with van der Waals surface area (Å²) in [5.74, 6) is 0.191. The van der Waals surface area contributed by atoms with Crippen LogP contribution in [0.1, 0.15) is 68.6 Å². The Bertz CT molecular complexity index is 1130. The molecule has 0 bridgehead atoms. The van der Waals surface area contributed by atoms with Gasteiger partial charge in [-0.05, 0) is 53.6 Å². The minimum absolute atomic E-state index is 0.0946. The van der Waals surface area contributed by atoms with Gasteiger partial charge in [0.05, 0.1) is 0 Å². The third-order valence-electron chi connectivity index (χ3n) is 7.09. The van der Waals surface area contributed by atoms with Crippen LogP contribution in [-0.4, -0.2) is 42.9 Å². The second-order valence-corrected chi connectivity index (χ2v) is 9.81. The van der Waals surface area contributed by atoms with Crippen molar-refractivity contribution in [1.29, 1.82) is 0 Å². The first-order valence-corrected chi connectivity index (χ1v) is 13.6. The summed E-state index contributed by atoms with van der Waals surface area (Å²) in [6.45, 7) is 5.21. The Hall–Kier alpha value is -3.34. The molecule has 0 aliphatic carbocycles. The summed E-state index contributed by atoms with van der Waals surface area (Å²) >= 11 is 0. The number of amides is 2. The summed E-state index contributed by atoms with van der Waals surface area (Å²) in [6.07, 6.45) is 9.07. The third kappa shape index (κ3) is 7.09. The number of piperazine rings is 1. The molecule has 1 N–H and O–H groups in total. The van der Waals surface area contributed by atoms with Crippen LogP contribution in [0, 0.1) is 0 Å². The molecule has 0 radical (unpaired) electrons. The van der Waals surface area contributed by atoms with Crippen LogP contribution < -0.4 is 10.2 Å². The molecule has 1 heterocycles. The van der Waals surface area contributed by atoms with Gasteiger partial charge in [0.15, 0.2) is 0 Å². The summed E-state index contributed by atoms with van der Waals surface area (Å²) in [6, 6.07) is 22.1. The molecule has 0 aromatic heterocycles. The molecule has 1 fully saturated rings. The van der Waals surface area contributed by atoms with Crippen molar-refractivity contribution in [3.8, 4) is 0 Å². The number of nitrogens with one attached hydrogen (secondary N) is 1. The summed E-state index contributed by atoms with van der Waals surface area (Å²) in [5, 5.41) is 5.27. The van der Waals surface area contributed by atoms with E-state index < -0.39 is 0 Å². The van der Waals surface area contributed by atoms with E-state index in [0.717, 1.165) is 53.6 Å². The van der Waals surface area contributed by atoms with Crippen LogP contribution in [0.3, 0.4) is 0 Å². The van der Waals surface area contributed by atoms with Crippen molar-refractivity contribution in [2.24, 2.45) is 0 Å². The standard InChI is InChI=1S/C31H39N3O2/c1-2-3-4-5-6-7-8-13-30(35)32-28-16-18-29(19-17-28)33-20-22-34(23-21-33)31(36)27-15-14-25-11-9-10-12-26(25)24-27/h9-12,14-19,24H,2-8,13,20-23H2,1H3,(H,32,35). The number of benzene rings is 3. The number of unbranched alkanes of at least 4 members (excludes halogenated alkanes) is 6. The highest BCUT2D eigenvalue weighted by Crippen LogP contribution is 2.22. The van der Waals surface area contributed by atoms with Crippen molar-refractivity contribution in [3.05, 3.63) is 72.3 Å². The van der Waals surface area contributed by atoms with E-state index in [1.54, 1.807) is 0 Å². The molecule has 36 heavy (non-hydrogen) atoms. The largest absolute Gasteiger partial charge is 0.368 e. The Kier molecular flexibility index (Phi) is 9.37. The molecule has 1 aliphatic rings. The van der Waals surface area contributed by atoms with Crippen molar-refractivity contribution in [1.82, 2.24) is 4.90 Å². The second kappa shape index (κ2) is 13.1. The van der Waals surface area contributed by atoms with Gasteiger partial charge in [-0.25, -0.2) is 0 Å². The van der Waals surface area contributed by atoms with Crippen LogP contribution in [0.25, 0.3) is 10.8 Å². The summed E-state index contributed by atoms with van der Waals surface area (Å²) in [7, 11) is 0. The number of hydrogen-bond donors (Lipinski definition) is 1. The molecule has 0 unspecified atom stereocenters. The number of rotatable bonds is 11. The van der Waals surface area contributed by atoms with Gasteiger partial charge in [-0.2, -0.15) is 0 Å². The van der Waals surface area contributed by atoms with Crippen molar-refractivity contribution in [2.75, 3.05) is 36.4 Å². The molecule has 190 valence electrons. The fraction of sp³-hybridized carbons (Fsp3) is 0.419. The number of carbonyl (C=O) groups is 2. The van der Waals surface area contributed by atoms with Gasteiger partial charge in [0, 0.05) is 49.5 Å². The SMILES string of the molecule is CCCCCCCCCC(=O)Nc1ccc(N2CCN(C(=O)c3ccc4ccccc4c3)CC2)cc1. The molecule has 4 rings (SSSR count). The highest BCUT2D eigenvalue weighted by Gasteiger charge is 2.22. The van der Waals surface area contributed by atoms with Gasteiger partial charge in [-0.15, -0.1) is 0 Å². The highest BCUT2D eigenvalue weighted by atomic mass is 16.2. The van der Waals surface area contributed by atoms with E-state index in [1.807, 2.05) is 53.4 Å². The molecule has 5 nitrogen and oxygen atoms in total. The molecule has 0 atom stereocenters. The quantitative estimate of drug-likeness (QED) is 0.301. The van der Waals surface area contributed by atoms with Crippen molar-refractivity contribution < 1.29 is 9.59 Å². The number of hydrogen-bond acceptors (Lipinski definition) is 3. The predicted octanol–water partition coefficient (Wildman–Crippen LogP) is 6.88. The van der Waals surface area contributed by atoms with Gasteiger partial charge >= 0.3 is 0 Å². The van der Waals surface area contributed by atoms with Gasteiger partial charge < -0.3 is 15.1 Å². The molecular formula is C31H39N3O2. The van der Waals surface area contributed by atoms with Crippen molar-refractivity contribution in [3.63, 3.8) is 0 Å². The first kappa shape index (κ1) is 25.7. The lowest BCUT2D eigenvalue weighted by atomic mass is 10.1. The van der Waals surface area contributed by atoms with Gasteiger partial charge in [-0.1, -0.05) is 75.8 Å². The van der Waals surface area contributed by atoms with Crippen LogP contribution in [0.5, 0.6) is 0 Å². The molecule has 3 aromatic carbocycles. The molecule has 2 amide bonds. The Morgan fingerprint density at radius 3 is 2.14 bits per heavy atom. The molecule has 1 saturated heterocycles. The zero-order valence-electron chi connectivity index (χ0n) is 21.5. The minimum atomic E-state index is 0.0946. The third-order valence-corrected chi connectivity index (χ3v) is 7.09. The van der Waals surface area contributed by atoms with Crippen molar-refractivity contribution in [2.45, 2.75) is 58.3 Å². The second-order valence-electron chi connectivity index (χ2n) is 9.81. The number of anilines is 2. The van der Waals surface area contributed by atoms with Crippen LogP contribution in [-0.2, 0) is 4.79 Å². The summed E-state index contributed by atoms with van der Waals surface area (Å²) in [4.78, 5) is 29.6. The van der Waals surface area contributed by atoms with E-state index in [4.69, 9.17) is 0 Å². The average Bonchev–Trinajstić information content (AvgIpc) is 2.92. The molecule has 3 aromatic rings.